The minimum absolute atomic E-state index is 0.0308. The second kappa shape index (κ2) is 4.43. The number of ether oxygens (including phenoxy) is 1. The smallest absolute Gasteiger partial charge is 0.330 e. The van der Waals surface area contributed by atoms with Crippen molar-refractivity contribution in [2.75, 3.05) is 6.61 Å². The zero-order valence-corrected chi connectivity index (χ0v) is 9.70. The Balaban J connectivity index is 2.53. The van der Waals surface area contributed by atoms with E-state index >= 15 is 0 Å². The predicted molar refractivity (Wildman–Crippen MR) is 60.7 cm³/mol. The molecule has 0 fully saturated rings. The third-order valence-electron chi connectivity index (χ3n) is 2.00. The van der Waals surface area contributed by atoms with Crippen molar-refractivity contribution >= 4 is 11.7 Å². The molecule has 82 valence electrons. The minimum Gasteiger partial charge on any atom is -0.463 e. The number of esters is 1. The number of nitrogens with zero attached hydrogens (tertiary/aromatic N) is 1. The average molecular weight is 207 g/mol. The number of rotatable bonds is 3. The Bertz CT molecular complexity index is 343. The minimum atomic E-state index is -0.307. The van der Waals surface area contributed by atoms with Crippen molar-refractivity contribution in [3.05, 3.63) is 23.9 Å². The van der Waals surface area contributed by atoms with E-state index in [1.54, 1.807) is 19.2 Å². The summed E-state index contributed by atoms with van der Waals surface area (Å²) < 4.78 is 4.79. The zero-order valence-electron chi connectivity index (χ0n) is 9.70. The van der Waals surface area contributed by atoms with Gasteiger partial charge >= 0.3 is 5.97 Å². The van der Waals surface area contributed by atoms with Crippen LogP contribution in [0, 0.1) is 5.41 Å². The van der Waals surface area contributed by atoms with Gasteiger partial charge < -0.3 is 4.74 Å². The van der Waals surface area contributed by atoms with Crippen LogP contribution < -0.4 is 0 Å². The highest BCUT2D eigenvalue weighted by molar-refractivity contribution is 6.10. The lowest BCUT2D eigenvalue weighted by Gasteiger charge is -2.26. The van der Waals surface area contributed by atoms with E-state index in [1.807, 2.05) is 0 Å². The highest BCUT2D eigenvalue weighted by atomic mass is 16.5. The summed E-state index contributed by atoms with van der Waals surface area (Å²) in [5, 5.41) is 0. The highest BCUT2D eigenvalue weighted by Crippen LogP contribution is 2.27. The van der Waals surface area contributed by atoms with Crippen LogP contribution in [-0.4, -0.2) is 18.3 Å². The van der Waals surface area contributed by atoms with Crippen molar-refractivity contribution in [3.8, 4) is 0 Å². The molecule has 0 spiro atoms. The molecule has 0 unspecified atom stereocenters. The molecule has 0 amide bonds. The van der Waals surface area contributed by atoms with E-state index in [0.717, 1.165) is 11.3 Å². The maximum absolute atomic E-state index is 11.1. The lowest BCUT2D eigenvalue weighted by Crippen LogP contribution is -2.25. The Kier molecular flexibility index (Phi) is 3.45. The van der Waals surface area contributed by atoms with E-state index < -0.39 is 0 Å². The largest absolute Gasteiger partial charge is 0.463 e. The van der Waals surface area contributed by atoms with Crippen LogP contribution >= 0.6 is 0 Å². The summed E-state index contributed by atoms with van der Waals surface area (Å²) in [4.78, 5) is 15.3. The van der Waals surface area contributed by atoms with E-state index in [-0.39, 0.29) is 11.4 Å². The number of hydrogen-bond acceptors (Lipinski definition) is 3. The first-order valence-electron chi connectivity index (χ1n) is 5.09. The normalized spacial score (nSPS) is 15.7. The maximum atomic E-state index is 11.1. The number of allylic oxidation sites excluding steroid dienone is 2. The van der Waals surface area contributed by atoms with Crippen molar-refractivity contribution < 1.29 is 9.53 Å². The molecule has 0 saturated carbocycles. The Morgan fingerprint density at radius 3 is 2.60 bits per heavy atom. The van der Waals surface area contributed by atoms with Crippen molar-refractivity contribution in [2.24, 2.45) is 10.4 Å². The van der Waals surface area contributed by atoms with Crippen molar-refractivity contribution in [2.45, 2.75) is 27.7 Å². The van der Waals surface area contributed by atoms with Gasteiger partial charge in [0, 0.05) is 23.3 Å². The topological polar surface area (TPSA) is 38.7 Å². The summed E-state index contributed by atoms with van der Waals surface area (Å²) in [6.45, 7) is 8.48. The molecule has 0 aromatic heterocycles. The van der Waals surface area contributed by atoms with Gasteiger partial charge in [-0.15, -0.1) is 0 Å². The van der Waals surface area contributed by atoms with Gasteiger partial charge in [0.15, 0.2) is 0 Å². The molecule has 0 aromatic carbocycles. The molecule has 1 aliphatic heterocycles. The molecule has 0 bridgehead atoms. The third kappa shape index (κ3) is 3.05. The van der Waals surface area contributed by atoms with Crippen molar-refractivity contribution in [3.63, 3.8) is 0 Å². The molecule has 15 heavy (non-hydrogen) atoms. The SMILES string of the molecule is CCOC(=O)/C=C/C1=CN=C1C(C)(C)C. The van der Waals surface area contributed by atoms with Gasteiger partial charge in [0.1, 0.15) is 0 Å². The molecule has 0 N–H and O–H groups in total. The van der Waals surface area contributed by atoms with E-state index in [0.29, 0.717) is 6.61 Å². The van der Waals surface area contributed by atoms with Gasteiger partial charge in [-0.05, 0) is 13.0 Å². The molecule has 1 aliphatic rings. The summed E-state index contributed by atoms with van der Waals surface area (Å²) in [6.07, 6.45) is 4.96. The first kappa shape index (κ1) is 11.7. The second-order valence-electron chi connectivity index (χ2n) is 4.40. The Morgan fingerprint density at radius 2 is 2.20 bits per heavy atom. The second-order valence-corrected chi connectivity index (χ2v) is 4.40. The highest BCUT2D eigenvalue weighted by Gasteiger charge is 2.25. The van der Waals surface area contributed by atoms with Gasteiger partial charge in [-0.1, -0.05) is 20.8 Å². The fourth-order valence-corrected chi connectivity index (χ4v) is 1.30. The molecule has 1 heterocycles. The Labute approximate surface area is 90.5 Å². The van der Waals surface area contributed by atoms with Crippen LogP contribution in [0.5, 0.6) is 0 Å². The molecule has 0 saturated heterocycles. The lowest BCUT2D eigenvalue weighted by molar-refractivity contribution is -0.137. The van der Waals surface area contributed by atoms with E-state index in [1.165, 1.54) is 6.08 Å². The molecule has 0 aliphatic carbocycles. The van der Waals surface area contributed by atoms with E-state index in [4.69, 9.17) is 4.74 Å². The average Bonchev–Trinajstić information content (AvgIpc) is 1.99. The zero-order chi connectivity index (χ0) is 11.5. The van der Waals surface area contributed by atoms with Crippen LogP contribution in [0.25, 0.3) is 0 Å². The van der Waals surface area contributed by atoms with Crippen LogP contribution in [0.4, 0.5) is 0 Å². The van der Waals surface area contributed by atoms with Crippen LogP contribution in [0.2, 0.25) is 0 Å². The number of hydrogen-bond donors (Lipinski definition) is 0. The molecular formula is C12H17NO2. The van der Waals surface area contributed by atoms with E-state index in [2.05, 4.69) is 25.8 Å². The molecule has 0 aromatic rings. The molecule has 3 heteroatoms. The van der Waals surface area contributed by atoms with Crippen LogP contribution in [0.15, 0.2) is 28.9 Å². The van der Waals surface area contributed by atoms with Crippen molar-refractivity contribution in [1.29, 1.82) is 0 Å². The molecule has 1 rings (SSSR count). The fraction of sp³-hybridized carbons (Fsp3) is 0.500. The standard InChI is InChI=1S/C12H17NO2/c1-5-15-10(14)7-6-9-8-13-11(9)12(2,3)4/h6-8H,5H2,1-4H3/b7-6+. The molecular weight excluding hydrogens is 190 g/mol. The number of aliphatic imine (C=N–C) groups is 1. The van der Waals surface area contributed by atoms with Crippen LogP contribution in [-0.2, 0) is 9.53 Å². The Morgan fingerprint density at radius 1 is 1.53 bits per heavy atom. The first-order valence-corrected chi connectivity index (χ1v) is 5.09. The van der Waals surface area contributed by atoms with E-state index in [9.17, 15) is 4.79 Å². The fourth-order valence-electron chi connectivity index (χ4n) is 1.30. The summed E-state index contributed by atoms with van der Waals surface area (Å²) >= 11 is 0. The summed E-state index contributed by atoms with van der Waals surface area (Å²) in [5.41, 5.74) is 2.07. The van der Waals surface area contributed by atoms with Crippen molar-refractivity contribution in [1.82, 2.24) is 0 Å². The summed E-state index contributed by atoms with van der Waals surface area (Å²) in [5.74, 6) is -0.307. The quantitative estimate of drug-likeness (QED) is 0.527. The number of carbonyl (C=O) groups excluding carboxylic acids is 1. The lowest BCUT2D eigenvalue weighted by atomic mass is 9.83. The van der Waals surface area contributed by atoms with Gasteiger partial charge in [-0.25, -0.2) is 4.79 Å². The molecule has 0 radical (unpaired) electrons. The summed E-state index contributed by atoms with van der Waals surface area (Å²) in [7, 11) is 0. The van der Waals surface area contributed by atoms with Crippen LogP contribution in [0.3, 0.4) is 0 Å². The van der Waals surface area contributed by atoms with Gasteiger partial charge in [-0.3, -0.25) is 4.99 Å². The predicted octanol–water partition coefficient (Wildman–Crippen LogP) is 2.49. The monoisotopic (exact) mass is 207 g/mol. The van der Waals surface area contributed by atoms with Gasteiger partial charge in [0.25, 0.3) is 0 Å². The Hall–Kier alpha value is -1.38. The van der Waals surface area contributed by atoms with Gasteiger partial charge in [0.2, 0.25) is 0 Å². The molecule has 0 atom stereocenters. The number of carbonyl (C=O) groups is 1. The van der Waals surface area contributed by atoms with Crippen LogP contribution in [0.1, 0.15) is 27.7 Å². The van der Waals surface area contributed by atoms with Gasteiger partial charge in [0.05, 0.1) is 12.3 Å². The maximum Gasteiger partial charge on any atom is 0.330 e. The summed E-state index contributed by atoms with van der Waals surface area (Å²) in [6, 6.07) is 0. The molecule has 3 nitrogen and oxygen atoms in total. The first-order chi connectivity index (χ1) is 6.95. The third-order valence-corrected chi connectivity index (χ3v) is 2.00. The van der Waals surface area contributed by atoms with Gasteiger partial charge in [-0.2, -0.15) is 0 Å².